The number of carbonyl (C=O) groups excluding carboxylic acids is 1. The predicted octanol–water partition coefficient (Wildman–Crippen LogP) is 4.33. The molecular formula is C32H39N7O4. The monoisotopic (exact) mass is 585 g/mol. The van der Waals surface area contributed by atoms with E-state index in [1.54, 1.807) is 0 Å². The third-order valence-electron chi connectivity index (χ3n) is 7.10. The zero-order valence-corrected chi connectivity index (χ0v) is 24.6. The quantitative estimate of drug-likeness (QED) is 0.0751. The van der Waals surface area contributed by atoms with Gasteiger partial charge < -0.3 is 19.5 Å². The van der Waals surface area contributed by atoms with E-state index in [-0.39, 0.29) is 25.5 Å². The highest BCUT2D eigenvalue weighted by Crippen LogP contribution is 2.43. The first-order chi connectivity index (χ1) is 21.0. The van der Waals surface area contributed by atoms with E-state index in [0.29, 0.717) is 36.8 Å². The van der Waals surface area contributed by atoms with Gasteiger partial charge in [-0.25, -0.2) is 10.4 Å². The summed E-state index contributed by atoms with van der Waals surface area (Å²) >= 11 is 0. The van der Waals surface area contributed by atoms with E-state index in [1.165, 1.54) is 0 Å². The van der Waals surface area contributed by atoms with Gasteiger partial charge in [-0.15, -0.1) is 0 Å². The van der Waals surface area contributed by atoms with Crippen LogP contribution in [-0.4, -0.2) is 67.7 Å². The highest BCUT2D eigenvalue weighted by atomic mass is 16.5. The third-order valence-corrected chi connectivity index (χ3v) is 7.10. The molecule has 3 aromatic carbocycles. The van der Waals surface area contributed by atoms with Crippen LogP contribution in [0.4, 0.5) is 0 Å². The summed E-state index contributed by atoms with van der Waals surface area (Å²) in [5.74, 6) is 0.648. The highest BCUT2D eigenvalue weighted by molar-refractivity contribution is 6.01. The average Bonchev–Trinajstić information content (AvgIpc) is 3.40. The first-order valence-corrected chi connectivity index (χ1v) is 14.4. The molecule has 0 spiro atoms. The molecule has 0 saturated carbocycles. The number of azide groups is 1. The van der Waals surface area contributed by atoms with Gasteiger partial charge in [0.2, 0.25) is 5.90 Å². The van der Waals surface area contributed by atoms with Crippen LogP contribution in [0.5, 0.6) is 5.75 Å². The van der Waals surface area contributed by atoms with Gasteiger partial charge in [-0.2, -0.15) is 0 Å². The van der Waals surface area contributed by atoms with Gasteiger partial charge in [0.1, 0.15) is 5.75 Å². The van der Waals surface area contributed by atoms with Crippen LogP contribution >= 0.6 is 0 Å². The SMILES string of the molecule is CN(C)CCCNNC(=O)[C@@]1(Cc2ccccc2)N=C(c2ccc(OCCCO)cc2)O[C@H]1c1ccccc1CN=[N+]=[N-]. The molecule has 0 radical (unpaired) electrons. The topological polar surface area (TPSA) is 144 Å². The van der Waals surface area contributed by atoms with Gasteiger partial charge in [-0.3, -0.25) is 10.2 Å². The van der Waals surface area contributed by atoms with Crippen LogP contribution in [0, 0.1) is 0 Å². The Morgan fingerprint density at radius 1 is 1.09 bits per heavy atom. The number of benzene rings is 3. The van der Waals surface area contributed by atoms with E-state index in [1.807, 2.05) is 93.0 Å². The number of aliphatic imine (C=N–C) groups is 1. The summed E-state index contributed by atoms with van der Waals surface area (Å²) in [6.45, 7) is 2.02. The molecule has 1 heterocycles. The molecule has 11 heteroatoms. The number of nitrogens with one attached hydrogen (secondary N) is 2. The molecule has 4 rings (SSSR count). The van der Waals surface area contributed by atoms with E-state index in [0.717, 1.165) is 29.7 Å². The molecule has 0 aliphatic carbocycles. The minimum absolute atomic E-state index is 0.0569. The number of amides is 1. The van der Waals surface area contributed by atoms with E-state index < -0.39 is 11.6 Å². The average molecular weight is 586 g/mol. The Balaban J connectivity index is 1.75. The molecule has 11 nitrogen and oxygen atoms in total. The molecule has 1 aliphatic rings. The maximum Gasteiger partial charge on any atom is 0.266 e. The van der Waals surface area contributed by atoms with E-state index in [4.69, 9.17) is 25.1 Å². The van der Waals surface area contributed by atoms with Crippen molar-refractivity contribution in [2.75, 3.05) is 40.4 Å². The molecule has 0 aromatic heterocycles. The van der Waals surface area contributed by atoms with Crippen LogP contribution in [0.1, 0.15) is 41.2 Å². The van der Waals surface area contributed by atoms with Gasteiger partial charge in [-0.05, 0) is 73.5 Å². The van der Waals surface area contributed by atoms with Gasteiger partial charge in [0.15, 0.2) is 11.6 Å². The molecule has 0 bridgehead atoms. The van der Waals surface area contributed by atoms with Crippen molar-refractivity contribution in [3.63, 3.8) is 0 Å². The minimum atomic E-state index is -1.38. The number of nitrogens with zero attached hydrogens (tertiary/aromatic N) is 5. The third kappa shape index (κ3) is 8.33. The van der Waals surface area contributed by atoms with Crippen molar-refractivity contribution in [3.05, 3.63) is 112 Å². The highest BCUT2D eigenvalue weighted by Gasteiger charge is 2.53. The Morgan fingerprint density at radius 3 is 2.56 bits per heavy atom. The molecule has 0 saturated heterocycles. The predicted molar refractivity (Wildman–Crippen MR) is 165 cm³/mol. The Morgan fingerprint density at radius 2 is 1.84 bits per heavy atom. The Bertz CT molecular complexity index is 1410. The van der Waals surface area contributed by atoms with Crippen LogP contribution in [0.15, 0.2) is 89.0 Å². The molecule has 2 atom stereocenters. The van der Waals surface area contributed by atoms with Crippen molar-refractivity contribution in [1.29, 1.82) is 0 Å². The van der Waals surface area contributed by atoms with Crippen molar-refractivity contribution < 1.29 is 19.4 Å². The van der Waals surface area contributed by atoms with Crippen molar-refractivity contribution in [3.8, 4) is 5.75 Å². The van der Waals surface area contributed by atoms with E-state index in [9.17, 15) is 4.79 Å². The lowest BCUT2D eigenvalue weighted by atomic mass is 9.81. The molecular weight excluding hydrogens is 546 g/mol. The Kier molecular flexibility index (Phi) is 11.5. The second-order valence-corrected chi connectivity index (χ2v) is 10.6. The largest absolute Gasteiger partial charge is 0.494 e. The van der Waals surface area contributed by atoms with Crippen molar-refractivity contribution in [1.82, 2.24) is 15.8 Å². The Labute approximate surface area is 252 Å². The number of hydrazine groups is 1. The summed E-state index contributed by atoms with van der Waals surface area (Å²) in [6, 6.07) is 24.5. The molecule has 3 aromatic rings. The Hall–Kier alpha value is -4.41. The van der Waals surface area contributed by atoms with Crippen LogP contribution < -0.4 is 15.6 Å². The first kappa shape index (κ1) is 31.5. The smallest absolute Gasteiger partial charge is 0.266 e. The number of aliphatic hydroxyl groups excluding tert-OH is 1. The first-order valence-electron chi connectivity index (χ1n) is 14.4. The maximum absolute atomic E-state index is 14.3. The van der Waals surface area contributed by atoms with Crippen molar-refractivity contribution in [2.24, 2.45) is 10.1 Å². The lowest BCUT2D eigenvalue weighted by Gasteiger charge is -2.32. The number of rotatable bonds is 16. The summed E-state index contributed by atoms with van der Waals surface area (Å²) in [4.78, 5) is 24.3. The van der Waals surface area contributed by atoms with Crippen LogP contribution in [-0.2, 0) is 22.5 Å². The molecule has 1 aliphatic heterocycles. The van der Waals surface area contributed by atoms with Gasteiger partial charge in [0.25, 0.3) is 5.91 Å². The van der Waals surface area contributed by atoms with E-state index >= 15 is 0 Å². The number of aliphatic hydroxyl groups is 1. The van der Waals surface area contributed by atoms with Crippen LogP contribution in [0.25, 0.3) is 10.4 Å². The van der Waals surface area contributed by atoms with Gasteiger partial charge in [-0.1, -0.05) is 59.7 Å². The molecule has 226 valence electrons. The standard InChI is InChI=1S/C32H39N7O4/c1-39(2)19-8-18-34-37-31(41)32(22-24-10-4-3-5-11-24)29(28-13-7-6-12-26(28)23-35-38-33)43-30(36-32)25-14-16-27(17-15-25)42-21-9-20-40/h3-7,10-17,29,34,40H,8-9,18-23H2,1-2H3,(H,37,41)/t29-,32-/m0/s1. The number of ether oxygens (including phenoxy) is 2. The summed E-state index contributed by atoms with van der Waals surface area (Å²) in [5, 5.41) is 12.8. The van der Waals surface area contributed by atoms with Crippen molar-refractivity contribution in [2.45, 2.75) is 37.5 Å². The number of carbonyl (C=O) groups is 1. The lowest BCUT2D eigenvalue weighted by Crippen LogP contribution is -2.54. The summed E-state index contributed by atoms with van der Waals surface area (Å²) in [6.07, 6.45) is 0.840. The summed E-state index contributed by atoms with van der Waals surface area (Å²) in [5.41, 5.74) is 16.7. The summed E-state index contributed by atoms with van der Waals surface area (Å²) in [7, 11) is 4.01. The number of hydrogen-bond donors (Lipinski definition) is 3. The zero-order valence-electron chi connectivity index (χ0n) is 24.6. The normalized spacial score (nSPS) is 17.6. The fourth-order valence-corrected chi connectivity index (χ4v) is 4.94. The van der Waals surface area contributed by atoms with E-state index in [2.05, 4.69) is 25.8 Å². The molecule has 0 fully saturated rings. The minimum Gasteiger partial charge on any atom is -0.494 e. The second-order valence-electron chi connectivity index (χ2n) is 10.6. The molecule has 3 N–H and O–H groups in total. The maximum atomic E-state index is 14.3. The molecule has 1 amide bonds. The summed E-state index contributed by atoms with van der Waals surface area (Å²) < 4.78 is 12.3. The van der Waals surface area contributed by atoms with Crippen LogP contribution in [0.2, 0.25) is 0 Å². The van der Waals surface area contributed by atoms with Gasteiger partial charge >= 0.3 is 0 Å². The molecule has 0 unspecified atom stereocenters. The number of hydrogen-bond acceptors (Lipinski definition) is 8. The fraction of sp³-hybridized carbons (Fsp3) is 0.375. The van der Waals surface area contributed by atoms with Crippen molar-refractivity contribution >= 4 is 11.8 Å². The lowest BCUT2D eigenvalue weighted by molar-refractivity contribution is -0.130. The fourth-order valence-electron chi connectivity index (χ4n) is 4.94. The van der Waals surface area contributed by atoms with Crippen LogP contribution in [0.3, 0.4) is 0 Å². The van der Waals surface area contributed by atoms with Gasteiger partial charge in [0, 0.05) is 36.5 Å². The zero-order chi connectivity index (χ0) is 30.5. The second kappa shape index (κ2) is 15.7. The van der Waals surface area contributed by atoms with Gasteiger partial charge in [0.05, 0.1) is 13.2 Å². The molecule has 43 heavy (non-hydrogen) atoms.